The van der Waals surface area contributed by atoms with Crippen molar-refractivity contribution in [1.82, 2.24) is 5.32 Å². The van der Waals surface area contributed by atoms with Gasteiger partial charge < -0.3 is 20.1 Å². The first-order valence-electron chi connectivity index (χ1n) is 6.35. The molecule has 0 spiro atoms. The summed E-state index contributed by atoms with van der Waals surface area (Å²) in [5.41, 5.74) is 1.48. The van der Waals surface area contributed by atoms with Gasteiger partial charge in [0.2, 0.25) is 0 Å². The highest BCUT2D eigenvalue weighted by atomic mass is 16.4. The van der Waals surface area contributed by atoms with Crippen molar-refractivity contribution in [2.24, 2.45) is 0 Å². The average Bonchev–Trinajstić information content (AvgIpc) is 2.36. The van der Waals surface area contributed by atoms with Crippen molar-refractivity contribution in [3.63, 3.8) is 0 Å². The zero-order valence-electron chi connectivity index (χ0n) is 11.4. The van der Waals surface area contributed by atoms with E-state index in [2.05, 4.69) is 5.32 Å². The van der Waals surface area contributed by atoms with Crippen LogP contribution in [0.2, 0.25) is 0 Å². The summed E-state index contributed by atoms with van der Waals surface area (Å²) in [5, 5.41) is 13.2. The number of amides is 1. The van der Waals surface area contributed by atoms with Crippen LogP contribution in [0.3, 0.4) is 0 Å². The number of carboxylic acid groups (broad SMARTS) is 1. The SMILES string of the molecule is C[NH+](C)CCNC(=O)c1ccc(CCC(=O)[O-])cc1. The van der Waals surface area contributed by atoms with E-state index in [1.54, 1.807) is 24.3 Å². The monoisotopic (exact) mass is 264 g/mol. The number of nitrogens with one attached hydrogen (secondary N) is 2. The molecule has 0 saturated heterocycles. The van der Waals surface area contributed by atoms with Crippen molar-refractivity contribution in [2.45, 2.75) is 12.8 Å². The molecular weight excluding hydrogens is 244 g/mol. The fourth-order valence-corrected chi connectivity index (χ4v) is 1.60. The van der Waals surface area contributed by atoms with Crippen molar-refractivity contribution >= 4 is 11.9 Å². The average molecular weight is 264 g/mol. The lowest BCUT2D eigenvalue weighted by atomic mass is 10.1. The number of carbonyl (C=O) groups is 2. The predicted octanol–water partition coefficient (Wildman–Crippen LogP) is -1.76. The number of likely N-dealkylation sites (N-methyl/N-ethyl adjacent to an activating group) is 1. The van der Waals surface area contributed by atoms with Gasteiger partial charge in [-0.2, -0.15) is 0 Å². The highest BCUT2D eigenvalue weighted by Gasteiger charge is 2.05. The number of benzene rings is 1. The molecule has 0 radical (unpaired) electrons. The van der Waals surface area contributed by atoms with Crippen LogP contribution in [0.25, 0.3) is 0 Å². The third kappa shape index (κ3) is 6.01. The van der Waals surface area contributed by atoms with Gasteiger partial charge in [0.25, 0.3) is 5.91 Å². The molecule has 0 bridgehead atoms. The quantitative estimate of drug-likeness (QED) is 0.613. The molecule has 0 aliphatic rings. The molecule has 5 nitrogen and oxygen atoms in total. The van der Waals surface area contributed by atoms with E-state index in [-0.39, 0.29) is 12.3 Å². The third-order valence-electron chi connectivity index (χ3n) is 2.74. The fraction of sp³-hybridized carbons (Fsp3) is 0.429. The van der Waals surface area contributed by atoms with Crippen molar-refractivity contribution < 1.29 is 19.6 Å². The van der Waals surface area contributed by atoms with Gasteiger partial charge in [-0.05, 0) is 30.5 Å². The summed E-state index contributed by atoms with van der Waals surface area (Å²) in [6, 6.07) is 6.97. The van der Waals surface area contributed by atoms with Crippen LogP contribution in [0.1, 0.15) is 22.3 Å². The number of aliphatic carboxylic acids is 1. The van der Waals surface area contributed by atoms with Gasteiger partial charge in [-0.1, -0.05) is 12.1 Å². The maximum Gasteiger partial charge on any atom is 0.251 e. The van der Waals surface area contributed by atoms with E-state index in [4.69, 9.17) is 0 Å². The Bertz CT molecular complexity index is 427. The summed E-state index contributed by atoms with van der Waals surface area (Å²) < 4.78 is 0. The third-order valence-corrected chi connectivity index (χ3v) is 2.74. The van der Waals surface area contributed by atoms with Crippen LogP contribution < -0.4 is 15.3 Å². The Morgan fingerprint density at radius 3 is 2.37 bits per heavy atom. The highest BCUT2D eigenvalue weighted by molar-refractivity contribution is 5.94. The van der Waals surface area contributed by atoms with Crippen LogP contribution in [0, 0.1) is 0 Å². The second-order valence-electron chi connectivity index (χ2n) is 4.78. The minimum atomic E-state index is -1.06. The predicted molar refractivity (Wildman–Crippen MR) is 69.8 cm³/mol. The lowest BCUT2D eigenvalue weighted by Gasteiger charge is -2.09. The van der Waals surface area contributed by atoms with Gasteiger partial charge >= 0.3 is 0 Å². The van der Waals surface area contributed by atoms with Gasteiger partial charge in [0, 0.05) is 11.5 Å². The van der Waals surface area contributed by atoms with E-state index in [1.807, 2.05) is 14.1 Å². The van der Waals surface area contributed by atoms with E-state index >= 15 is 0 Å². The first-order chi connectivity index (χ1) is 8.99. The minimum Gasteiger partial charge on any atom is -0.550 e. The molecule has 19 heavy (non-hydrogen) atoms. The summed E-state index contributed by atoms with van der Waals surface area (Å²) in [5.74, 6) is -1.17. The van der Waals surface area contributed by atoms with E-state index in [0.29, 0.717) is 18.5 Å². The number of carboxylic acids is 1. The van der Waals surface area contributed by atoms with Crippen LogP contribution in [0.5, 0.6) is 0 Å². The molecule has 2 N–H and O–H groups in total. The molecule has 0 unspecified atom stereocenters. The number of hydrogen-bond donors (Lipinski definition) is 2. The largest absolute Gasteiger partial charge is 0.550 e. The number of rotatable bonds is 7. The molecule has 1 amide bonds. The summed E-state index contributed by atoms with van der Waals surface area (Å²) in [6.07, 6.45) is 0.422. The van der Waals surface area contributed by atoms with Crippen molar-refractivity contribution in [1.29, 1.82) is 0 Å². The zero-order chi connectivity index (χ0) is 14.3. The molecule has 0 heterocycles. The first-order valence-corrected chi connectivity index (χ1v) is 6.35. The molecule has 1 aromatic rings. The van der Waals surface area contributed by atoms with E-state index in [1.165, 1.54) is 4.90 Å². The molecule has 5 heteroatoms. The highest BCUT2D eigenvalue weighted by Crippen LogP contribution is 2.06. The second kappa shape index (κ2) is 7.53. The molecule has 104 valence electrons. The molecule has 0 atom stereocenters. The topological polar surface area (TPSA) is 73.7 Å². The maximum absolute atomic E-state index is 11.8. The maximum atomic E-state index is 11.8. The van der Waals surface area contributed by atoms with Gasteiger partial charge in [0.1, 0.15) is 0 Å². The Morgan fingerprint density at radius 1 is 1.21 bits per heavy atom. The van der Waals surface area contributed by atoms with Crippen LogP contribution >= 0.6 is 0 Å². The van der Waals surface area contributed by atoms with Crippen LogP contribution in [0.4, 0.5) is 0 Å². The van der Waals surface area contributed by atoms with Crippen molar-refractivity contribution in [2.75, 3.05) is 27.2 Å². The number of hydrogen-bond acceptors (Lipinski definition) is 3. The smallest absolute Gasteiger partial charge is 0.251 e. The molecular formula is C14H20N2O3. The zero-order valence-corrected chi connectivity index (χ0v) is 11.4. The lowest BCUT2D eigenvalue weighted by Crippen LogP contribution is -3.06. The van der Waals surface area contributed by atoms with Gasteiger partial charge in [-0.3, -0.25) is 4.79 Å². The normalized spacial score (nSPS) is 10.5. The summed E-state index contributed by atoms with van der Waals surface area (Å²) >= 11 is 0. The Morgan fingerprint density at radius 2 is 1.84 bits per heavy atom. The summed E-state index contributed by atoms with van der Waals surface area (Å²) in [7, 11) is 4.05. The summed E-state index contributed by atoms with van der Waals surface area (Å²) in [6.45, 7) is 1.50. The van der Waals surface area contributed by atoms with Crippen molar-refractivity contribution in [3.8, 4) is 0 Å². The lowest BCUT2D eigenvalue weighted by molar-refractivity contribution is -0.856. The van der Waals surface area contributed by atoms with Gasteiger partial charge in [-0.15, -0.1) is 0 Å². The van der Waals surface area contributed by atoms with Gasteiger partial charge in [0.15, 0.2) is 0 Å². The minimum absolute atomic E-state index is 0.00282. The van der Waals surface area contributed by atoms with E-state index in [0.717, 1.165) is 12.1 Å². The fourth-order valence-electron chi connectivity index (χ4n) is 1.60. The number of aryl methyl sites for hydroxylation is 1. The van der Waals surface area contributed by atoms with Crippen LogP contribution in [-0.4, -0.2) is 39.1 Å². The van der Waals surface area contributed by atoms with Crippen LogP contribution in [-0.2, 0) is 11.2 Å². The molecule has 0 aliphatic carbocycles. The Hall–Kier alpha value is -1.88. The molecule has 0 aliphatic heterocycles. The number of quaternary nitrogens is 1. The van der Waals surface area contributed by atoms with E-state index < -0.39 is 5.97 Å². The van der Waals surface area contributed by atoms with Crippen molar-refractivity contribution in [3.05, 3.63) is 35.4 Å². The molecule has 1 aromatic carbocycles. The summed E-state index contributed by atoms with van der Waals surface area (Å²) in [4.78, 5) is 23.4. The Labute approximate surface area is 113 Å². The van der Waals surface area contributed by atoms with Gasteiger partial charge in [-0.25, -0.2) is 0 Å². The van der Waals surface area contributed by atoms with Crippen LogP contribution in [0.15, 0.2) is 24.3 Å². The van der Waals surface area contributed by atoms with Gasteiger partial charge in [0.05, 0.1) is 27.2 Å². The Balaban J connectivity index is 2.46. The molecule has 0 aromatic heterocycles. The standard InChI is InChI=1S/C14H20N2O3/c1-16(2)10-9-15-14(19)12-6-3-11(4-7-12)5-8-13(17)18/h3-4,6-7H,5,8-10H2,1-2H3,(H,15,19)(H,17,18). The number of carbonyl (C=O) groups excluding carboxylic acids is 2. The first kappa shape index (κ1) is 15.2. The molecule has 0 saturated carbocycles. The Kier molecular flexibility index (Phi) is 6.02. The molecule has 0 fully saturated rings. The van der Waals surface area contributed by atoms with E-state index in [9.17, 15) is 14.7 Å². The second-order valence-corrected chi connectivity index (χ2v) is 4.78. The molecule has 1 rings (SSSR count).